The maximum Gasteiger partial charge on any atom is 0.122 e. The summed E-state index contributed by atoms with van der Waals surface area (Å²) in [6.07, 6.45) is 1.93. The molecule has 4 rings (SSSR count). The minimum atomic E-state index is -0.295. The largest absolute Gasteiger partial charge is 0.496 e. The number of benzene rings is 2. The van der Waals surface area contributed by atoms with Crippen LogP contribution in [-0.4, -0.2) is 24.4 Å². The second-order valence-electron chi connectivity index (χ2n) is 7.06. The quantitative estimate of drug-likeness (QED) is 0.696. The molecule has 1 saturated heterocycles. The Kier molecular flexibility index (Phi) is 4.98. The number of ether oxygens (including phenoxy) is 2. The van der Waals surface area contributed by atoms with Gasteiger partial charge in [0.15, 0.2) is 0 Å². The summed E-state index contributed by atoms with van der Waals surface area (Å²) in [4.78, 5) is 1.32. The number of methoxy groups -OCH3 is 1. The zero-order valence-corrected chi connectivity index (χ0v) is 16.0. The number of hydrogen-bond donors (Lipinski definition) is 1. The Morgan fingerprint density at radius 2 is 2.00 bits per heavy atom. The first-order chi connectivity index (χ1) is 12.6. The van der Waals surface area contributed by atoms with Gasteiger partial charge in [0, 0.05) is 22.4 Å². The maximum absolute atomic E-state index is 10.1. The second-order valence-corrected chi connectivity index (χ2v) is 8.23. The van der Waals surface area contributed by atoms with Gasteiger partial charge in [-0.3, -0.25) is 0 Å². The summed E-state index contributed by atoms with van der Waals surface area (Å²) in [6, 6.07) is 17.0. The van der Waals surface area contributed by atoms with Crippen LogP contribution in [0.4, 0.5) is 0 Å². The molecule has 1 aliphatic rings. The highest BCUT2D eigenvalue weighted by molar-refractivity contribution is 7.19. The highest BCUT2D eigenvalue weighted by Crippen LogP contribution is 2.35. The molecule has 0 saturated carbocycles. The van der Waals surface area contributed by atoms with Crippen molar-refractivity contribution < 1.29 is 14.6 Å². The van der Waals surface area contributed by atoms with Crippen molar-refractivity contribution in [1.82, 2.24) is 0 Å². The van der Waals surface area contributed by atoms with Gasteiger partial charge in [0.2, 0.25) is 0 Å². The van der Waals surface area contributed by atoms with E-state index < -0.39 is 0 Å². The molecule has 3 nitrogen and oxygen atoms in total. The van der Waals surface area contributed by atoms with Crippen molar-refractivity contribution in [1.29, 1.82) is 0 Å². The Bertz CT molecular complexity index is 858. The predicted molar refractivity (Wildman–Crippen MR) is 106 cm³/mol. The SMILES string of the molecule is COc1ccc(C2CC(O)CC(C)O2)cc1Cc1cc2ccccc2s1. The Hall–Kier alpha value is -1.88. The van der Waals surface area contributed by atoms with Crippen LogP contribution in [0.25, 0.3) is 10.1 Å². The van der Waals surface area contributed by atoms with Gasteiger partial charge in [-0.2, -0.15) is 0 Å². The monoisotopic (exact) mass is 368 g/mol. The average molecular weight is 368 g/mol. The van der Waals surface area contributed by atoms with Crippen LogP contribution in [0.5, 0.6) is 5.75 Å². The third kappa shape index (κ3) is 3.63. The van der Waals surface area contributed by atoms with Gasteiger partial charge in [0.25, 0.3) is 0 Å². The Morgan fingerprint density at radius 1 is 1.15 bits per heavy atom. The molecule has 0 amide bonds. The fraction of sp³-hybridized carbons (Fsp3) is 0.364. The van der Waals surface area contributed by atoms with Crippen LogP contribution in [0.2, 0.25) is 0 Å². The van der Waals surface area contributed by atoms with E-state index in [2.05, 4.69) is 42.5 Å². The summed E-state index contributed by atoms with van der Waals surface area (Å²) in [7, 11) is 1.71. The molecular formula is C22H24O3S. The van der Waals surface area contributed by atoms with Crippen molar-refractivity contribution in [2.45, 2.75) is 44.5 Å². The number of rotatable bonds is 4. The van der Waals surface area contributed by atoms with Gasteiger partial charge >= 0.3 is 0 Å². The van der Waals surface area contributed by atoms with Crippen molar-refractivity contribution in [3.63, 3.8) is 0 Å². The molecule has 2 aromatic carbocycles. The molecule has 0 bridgehead atoms. The molecule has 4 heteroatoms. The van der Waals surface area contributed by atoms with Crippen LogP contribution in [0, 0.1) is 0 Å². The number of aliphatic hydroxyl groups excluding tert-OH is 1. The number of thiophene rings is 1. The van der Waals surface area contributed by atoms with Crippen molar-refractivity contribution in [3.8, 4) is 5.75 Å². The number of aliphatic hydroxyl groups is 1. The minimum Gasteiger partial charge on any atom is -0.496 e. The molecule has 0 aliphatic carbocycles. The van der Waals surface area contributed by atoms with Gasteiger partial charge in [0.1, 0.15) is 5.75 Å². The average Bonchev–Trinajstić information content (AvgIpc) is 3.03. The lowest BCUT2D eigenvalue weighted by Gasteiger charge is -2.32. The smallest absolute Gasteiger partial charge is 0.122 e. The van der Waals surface area contributed by atoms with E-state index in [-0.39, 0.29) is 18.3 Å². The van der Waals surface area contributed by atoms with E-state index in [0.717, 1.165) is 23.3 Å². The van der Waals surface area contributed by atoms with E-state index in [4.69, 9.17) is 9.47 Å². The van der Waals surface area contributed by atoms with E-state index in [1.165, 1.54) is 15.0 Å². The van der Waals surface area contributed by atoms with Crippen LogP contribution >= 0.6 is 11.3 Å². The van der Waals surface area contributed by atoms with Gasteiger partial charge in [-0.1, -0.05) is 24.3 Å². The predicted octanol–water partition coefficient (Wildman–Crippen LogP) is 5.10. The zero-order chi connectivity index (χ0) is 18.1. The molecule has 26 heavy (non-hydrogen) atoms. The van der Waals surface area contributed by atoms with Gasteiger partial charge in [-0.25, -0.2) is 0 Å². The molecule has 1 fully saturated rings. The molecule has 1 aliphatic heterocycles. The van der Waals surface area contributed by atoms with E-state index in [9.17, 15) is 5.11 Å². The molecule has 2 heterocycles. The molecule has 1 N–H and O–H groups in total. The lowest BCUT2D eigenvalue weighted by atomic mass is 9.94. The minimum absolute atomic E-state index is 0.0548. The first-order valence-corrected chi connectivity index (χ1v) is 9.92. The first kappa shape index (κ1) is 17.5. The third-order valence-electron chi connectivity index (χ3n) is 5.00. The van der Waals surface area contributed by atoms with Crippen LogP contribution in [-0.2, 0) is 11.2 Å². The molecule has 0 spiro atoms. The molecule has 3 unspecified atom stereocenters. The van der Waals surface area contributed by atoms with Crippen LogP contribution in [0.3, 0.4) is 0 Å². The normalized spacial score (nSPS) is 23.3. The molecule has 136 valence electrons. The topological polar surface area (TPSA) is 38.7 Å². The van der Waals surface area contributed by atoms with E-state index in [1.54, 1.807) is 7.11 Å². The van der Waals surface area contributed by atoms with E-state index in [1.807, 2.05) is 24.3 Å². The summed E-state index contributed by atoms with van der Waals surface area (Å²) in [5.74, 6) is 0.899. The highest BCUT2D eigenvalue weighted by atomic mass is 32.1. The Morgan fingerprint density at radius 3 is 2.77 bits per heavy atom. The standard InChI is InChI=1S/C22H24O3S/c1-14-9-18(23)13-21(25-14)15-7-8-20(24-2)17(10-15)12-19-11-16-5-3-4-6-22(16)26-19/h3-8,10-11,14,18,21,23H,9,12-13H2,1-2H3. The van der Waals surface area contributed by atoms with Gasteiger partial charge in [-0.05, 0) is 54.1 Å². The van der Waals surface area contributed by atoms with Crippen molar-refractivity contribution in [2.75, 3.05) is 7.11 Å². The zero-order valence-electron chi connectivity index (χ0n) is 15.1. The molecule has 0 radical (unpaired) electrons. The lowest BCUT2D eigenvalue weighted by Crippen LogP contribution is -2.29. The first-order valence-electron chi connectivity index (χ1n) is 9.10. The van der Waals surface area contributed by atoms with Crippen molar-refractivity contribution in [3.05, 3.63) is 64.5 Å². The van der Waals surface area contributed by atoms with Gasteiger partial charge in [0.05, 0.1) is 25.4 Å². The molecule has 1 aromatic heterocycles. The highest BCUT2D eigenvalue weighted by Gasteiger charge is 2.27. The summed E-state index contributed by atoms with van der Waals surface area (Å²) in [6.45, 7) is 2.02. The fourth-order valence-corrected chi connectivity index (χ4v) is 4.87. The van der Waals surface area contributed by atoms with Crippen molar-refractivity contribution >= 4 is 21.4 Å². The van der Waals surface area contributed by atoms with Gasteiger partial charge < -0.3 is 14.6 Å². The summed E-state index contributed by atoms with van der Waals surface area (Å²) >= 11 is 1.83. The molecular weight excluding hydrogens is 344 g/mol. The third-order valence-corrected chi connectivity index (χ3v) is 6.12. The molecule has 3 atom stereocenters. The number of fused-ring (bicyclic) bond motifs is 1. The summed E-state index contributed by atoms with van der Waals surface area (Å²) in [5.41, 5.74) is 2.28. The maximum atomic E-state index is 10.1. The fourth-order valence-electron chi connectivity index (χ4n) is 3.78. The molecule has 3 aromatic rings. The number of hydrogen-bond acceptors (Lipinski definition) is 4. The Labute approximate surface area is 158 Å². The van der Waals surface area contributed by atoms with Crippen LogP contribution in [0.1, 0.15) is 41.9 Å². The van der Waals surface area contributed by atoms with E-state index in [0.29, 0.717) is 12.8 Å². The Balaban J connectivity index is 1.63. The van der Waals surface area contributed by atoms with E-state index >= 15 is 0 Å². The van der Waals surface area contributed by atoms with Crippen molar-refractivity contribution in [2.24, 2.45) is 0 Å². The second kappa shape index (κ2) is 7.39. The van der Waals surface area contributed by atoms with Gasteiger partial charge in [-0.15, -0.1) is 11.3 Å². The summed E-state index contributed by atoms with van der Waals surface area (Å²) in [5, 5.41) is 11.4. The van der Waals surface area contributed by atoms with Crippen LogP contribution < -0.4 is 4.74 Å². The van der Waals surface area contributed by atoms with Crippen LogP contribution in [0.15, 0.2) is 48.5 Å². The lowest BCUT2D eigenvalue weighted by molar-refractivity contribution is -0.0895. The summed E-state index contributed by atoms with van der Waals surface area (Å²) < 4.78 is 13.0.